The van der Waals surface area contributed by atoms with E-state index in [-0.39, 0.29) is 12.3 Å². The fraction of sp³-hybridized carbons (Fsp3) is 0.909. The number of hydrogen-bond acceptors (Lipinski definition) is 3. The molecule has 0 aromatic rings. The van der Waals surface area contributed by atoms with Gasteiger partial charge in [0.15, 0.2) is 0 Å². The van der Waals surface area contributed by atoms with Gasteiger partial charge in [-0.1, -0.05) is 13.8 Å². The molecule has 2 atom stereocenters. The molecule has 6 heteroatoms. The summed E-state index contributed by atoms with van der Waals surface area (Å²) in [5, 5.41) is 0. The molecule has 0 rings (SSSR count). The first-order chi connectivity index (χ1) is 7.55. The summed E-state index contributed by atoms with van der Waals surface area (Å²) in [6, 6.07) is -2.17. The van der Waals surface area contributed by atoms with Gasteiger partial charge in [-0.2, -0.15) is 13.2 Å². The molecule has 0 saturated heterocycles. The quantitative estimate of drug-likeness (QED) is 0.768. The highest BCUT2D eigenvalue weighted by atomic mass is 19.4. The number of ether oxygens (including phenoxy) is 1. The molecule has 0 aliphatic rings. The van der Waals surface area contributed by atoms with Gasteiger partial charge >= 0.3 is 12.1 Å². The van der Waals surface area contributed by atoms with E-state index in [0.717, 1.165) is 0 Å². The Morgan fingerprint density at radius 3 is 2.00 bits per heavy atom. The fourth-order valence-electron chi connectivity index (χ4n) is 1.45. The van der Waals surface area contributed by atoms with Gasteiger partial charge in [0.05, 0.1) is 12.0 Å². The van der Waals surface area contributed by atoms with Crippen molar-refractivity contribution in [2.75, 3.05) is 0 Å². The number of esters is 1. The van der Waals surface area contributed by atoms with E-state index in [1.54, 1.807) is 27.7 Å². The van der Waals surface area contributed by atoms with Gasteiger partial charge in [0.25, 0.3) is 0 Å². The summed E-state index contributed by atoms with van der Waals surface area (Å²) in [6.07, 6.45) is -4.97. The van der Waals surface area contributed by atoms with Crippen LogP contribution in [0.3, 0.4) is 0 Å². The van der Waals surface area contributed by atoms with Crippen molar-refractivity contribution < 1.29 is 22.7 Å². The molecule has 0 bridgehead atoms. The van der Waals surface area contributed by atoms with E-state index in [2.05, 4.69) is 0 Å². The van der Waals surface area contributed by atoms with Crippen LogP contribution in [0.4, 0.5) is 13.2 Å². The molecule has 0 amide bonds. The Balaban J connectivity index is 4.81. The Labute approximate surface area is 99.5 Å². The van der Waals surface area contributed by atoms with Crippen molar-refractivity contribution >= 4 is 5.97 Å². The normalized spacial score (nSPS) is 16.1. The number of nitrogens with two attached hydrogens (primary N) is 1. The number of halogens is 3. The molecule has 0 aliphatic heterocycles. The first kappa shape index (κ1) is 16.2. The largest absolute Gasteiger partial charge is 0.463 e. The molecule has 0 radical (unpaired) electrons. The molecule has 0 saturated carbocycles. The van der Waals surface area contributed by atoms with Gasteiger partial charge in [-0.3, -0.25) is 4.79 Å². The van der Waals surface area contributed by atoms with Crippen molar-refractivity contribution in [3.8, 4) is 0 Å². The number of carbonyl (C=O) groups is 1. The van der Waals surface area contributed by atoms with Crippen molar-refractivity contribution in [3.05, 3.63) is 0 Å². The highest BCUT2D eigenvalue weighted by Crippen LogP contribution is 2.28. The third-order valence-electron chi connectivity index (χ3n) is 2.19. The topological polar surface area (TPSA) is 52.3 Å². The van der Waals surface area contributed by atoms with E-state index < -0.39 is 30.2 Å². The molecule has 102 valence electrons. The Hall–Kier alpha value is -0.780. The van der Waals surface area contributed by atoms with Gasteiger partial charge in [-0.15, -0.1) is 0 Å². The standard InChI is InChI=1S/C11H20F3NO2/c1-6(2)5-8(9(15)11(12,13)14)10(16)17-7(3)4/h6-9H,5,15H2,1-4H3/t8-,9-/m1/s1. The second-order valence-electron chi connectivity index (χ2n) is 4.79. The van der Waals surface area contributed by atoms with Gasteiger partial charge in [-0.05, 0) is 26.2 Å². The van der Waals surface area contributed by atoms with Crippen molar-refractivity contribution in [1.29, 1.82) is 0 Å². The highest BCUT2D eigenvalue weighted by Gasteiger charge is 2.45. The highest BCUT2D eigenvalue weighted by molar-refractivity contribution is 5.73. The zero-order valence-corrected chi connectivity index (χ0v) is 10.5. The molecule has 0 fully saturated rings. The lowest BCUT2D eigenvalue weighted by molar-refractivity contribution is -0.179. The average Bonchev–Trinajstić information content (AvgIpc) is 2.09. The van der Waals surface area contributed by atoms with Crippen molar-refractivity contribution in [2.45, 2.75) is 52.4 Å². The van der Waals surface area contributed by atoms with E-state index in [4.69, 9.17) is 10.5 Å². The van der Waals surface area contributed by atoms with Gasteiger partial charge < -0.3 is 10.5 Å². The van der Waals surface area contributed by atoms with Crippen molar-refractivity contribution in [3.63, 3.8) is 0 Å². The second-order valence-corrected chi connectivity index (χ2v) is 4.79. The van der Waals surface area contributed by atoms with Crippen LogP contribution in [0.1, 0.15) is 34.1 Å². The Morgan fingerprint density at radius 2 is 1.71 bits per heavy atom. The maximum Gasteiger partial charge on any atom is 0.404 e. The molecule has 0 aromatic carbocycles. The van der Waals surface area contributed by atoms with Crippen molar-refractivity contribution in [2.24, 2.45) is 17.6 Å². The molecule has 3 nitrogen and oxygen atoms in total. The zero-order valence-electron chi connectivity index (χ0n) is 10.5. The van der Waals surface area contributed by atoms with Crippen LogP contribution in [0.5, 0.6) is 0 Å². The molecule has 0 heterocycles. The molecular formula is C11H20F3NO2. The van der Waals surface area contributed by atoms with Gasteiger partial charge in [0.2, 0.25) is 0 Å². The SMILES string of the molecule is CC(C)C[C@@H](C(=O)OC(C)C)[C@@H](N)C(F)(F)F. The van der Waals surface area contributed by atoms with Crippen LogP contribution in [-0.2, 0) is 9.53 Å². The maximum atomic E-state index is 12.5. The number of alkyl halides is 3. The molecule has 0 unspecified atom stereocenters. The second kappa shape index (κ2) is 6.23. The van der Waals surface area contributed by atoms with E-state index in [1.165, 1.54) is 0 Å². The predicted octanol–water partition coefficient (Wildman–Crippen LogP) is 2.49. The average molecular weight is 255 g/mol. The van der Waals surface area contributed by atoms with E-state index in [9.17, 15) is 18.0 Å². The summed E-state index contributed by atoms with van der Waals surface area (Å²) >= 11 is 0. The number of carbonyl (C=O) groups excluding carboxylic acids is 1. The Morgan fingerprint density at radius 1 is 1.24 bits per heavy atom. The summed E-state index contributed by atoms with van der Waals surface area (Å²) in [4.78, 5) is 11.6. The lowest BCUT2D eigenvalue weighted by Crippen LogP contribution is -2.48. The smallest absolute Gasteiger partial charge is 0.404 e. The van der Waals surface area contributed by atoms with Gasteiger partial charge in [0.1, 0.15) is 6.04 Å². The summed E-state index contributed by atoms with van der Waals surface area (Å²) in [6.45, 7) is 6.64. The monoisotopic (exact) mass is 255 g/mol. The van der Waals surface area contributed by atoms with E-state index in [0.29, 0.717) is 0 Å². The lowest BCUT2D eigenvalue weighted by atomic mass is 9.90. The molecule has 2 N–H and O–H groups in total. The van der Waals surface area contributed by atoms with Crippen LogP contribution in [0.25, 0.3) is 0 Å². The molecule has 0 aromatic heterocycles. The molecule has 0 spiro atoms. The Kier molecular flexibility index (Phi) is 5.95. The zero-order chi connectivity index (χ0) is 13.8. The van der Waals surface area contributed by atoms with Crippen LogP contribution in [0, 0.1) is 11.8 Å². The maximum absolute atomic E-state index is 12.5. The van der Waals surface area contributed by atoms with Crippen LogP contribution >= 0.6 is 0 Å². The summed E-state index contributed by atoms with van der Waals surface area (Å²) in [7, 11) is 0. The minimum atomic E-state index is -4.59. The first-order valence-electron chi connectivity index (χ1n) is 5.58. The van der Waals surface area contributed by atoms with Crippen LogP contribution < -0.4 is 5.73 Å². The fourth-order valence-corrected chi connectivity index (χ4v) is 1.45. The lowest BCUT2D eigenvalue weighted by Gasteiger charge is -2.26. The van der Waals surface area contributed by atoms with Crippen LogP contribution in [-0.4, -0.2) is 24.3 Å². The summed E-state index contributed by atoms with van der Waals surface area (Å²) in [5.74, 6) is -2.27. The van der Waals surface area contributed by atoms with Gasteiger partial charge in [-0.25, -0.2) is 0 Å². The predicted molar refractivity (Wildman–Crippen MR) is 58.2 cm³/mol. The minimum absolute atomic E-state index is 0.0617. The summed E-state index contributed by atoms with van der Waals surface area (Å²) in [5.41, 5.74) is 5.09. The number of hydrogen-bond donors (Lipinski definition) is 1. The number of rotatable bonds is 5. The van der Waals surface area contributed by atoms with E-state index >= 15 is 0 Å². The first-order valence-corrected chi connectivity index (χ1v) is 5.58. The van der Waals surface area contributed by atoms with Gasteiger partial charge in [0, 0.05) is 0 Å². The van der Waals surface area contributed by atoms with Crippen LogP contribution in [0.2, 0.25) is 0 Å². The third kappa shape index (κ3) is 5.91. The van der Waals surface area contributed by atoms with Crippen LogP contribution in [0.15, 0.2) is 0 Å². The minimum Gasteiger partial charge on any atom is -0.463 e. The summed E-state index contributed by atoms with van der Waals surface area (Å²) < 4.78 is 42.4. The molecular weight excluding hydrogens is 235 g/mol. The molecule has 17 heavy (non-hydrogen) atoms. The van der Waals surface area contributed by atoms with E-state index in [1.807, 2.05) is 0 Å². The third-order valence-corrected chi connectivity index (χ3v) is 2.19. The Bertz CT molecular complexity index is 252. The van der Waals surface area contributed by atoms with Crippen molar-refractivity contribution in [1.82, 2.24) is 0 Å². The molecule has 0 aliphatic carbocycles.